The van der Waals surface area contributed by atoms with Gasteiger partial charge in [-0.05, 0) is 57.2 Å². The zero-order valence-corrected chi connectivity index (χ0v) is 19.7. The van der Waals surface area contributed by atoms with E-state index in [0.29, 0.717) is 15.7 Å². The summed E-state index contributed by atoms with van der Waals surface area (Å²) in [6.07, 6.45) is 0.491. The summed E-state index contributed by atoms with van der Waals surface area (Å²) in [5, 5.41) is 16.5. The van der Waals surface area contributed by atoms with Crippen molar-refractivity contribution in [2.75, 3.05) is 0 Å². The highest BCUT2D eigenvalue weighted by Crippen LogP contribution is 2.47. The van der Waals surface area contributed by atoms with E-state index < -0.39 is 41.6 Å². The Morgan fingerprint density at radius 3 is 2.65 bits per heavy atom. The average molecular weight is 542 g/mol. The maximum absolute atomic E-state index is 12.7. The largest absolute Gasteiger partial charge is 0.435 e. The molecule has 0 aromatic heterocycles. The van der Waals surface area contributed by atoms with Crippen LogP contribution in [0.1, 0.15) is 44.6 Å². The van der Waals surface area contributed by atoms with Crippen molar-refractivity contribution >= 4 is 39.5 Å². The molecular weight excluding hydrogens is 520 g/mol. The van der Waals surface area contributed by atoms with E-state index in [1.165, 1.54) is 18.2 Å². The number of hydrazone groups is 1. The standard InChI is InChI=1S/C21H22BrF2N5O5/c1-11(27-17(31)16(26)30)9-20(10-25)4-6-21(7-5-20)15(28-29-19(32)34-21)13-8-12(33-18(23)24)2-3-14(13)22/h2-3,8,11,18H,4-7,9H2,1H3,(H2,26,30)(H,27,31)(H,29,32)/t11-,20?,21?/m0/s1. The second-order valence-electron chi connectivity index (χ2n) is 8.31. The van der Waals surface area contributed by atoms with E-state index in [0.717, 1.165) is 0 Å². The van der Waals surface area contributed by atoms with Crippen molar-refractivity contribution in [1.29, 1.82) is 5.26 Å². The van der Waals surface area contributed by atoms with Crippen molar-refractivity contribution in [3.05, 3.63) is 28.2 Å². The van der Waals surface area contributed by atoms with Crippen molar-refractivity contribution in [3.8, 4) is 11.8 Å². The van der Waals surface area contributed by atoms with Gasteiger partial charge in [0.25, 0.3) is 0 Å². The van der Waals surface area contributed by atoms with Gasteiger partial charge in [-0.15, -0.1) is 0 Å². The number of hydrogen-bond acceptors (Lipinski definition) is 7. The van der Waals surface area contributed by atoms with Crippen molar-refractivity contribution < 1.29 is 32.6 Å². The molecule has 1 spiro atoms. The number of benzene rings is 1. The molecule has 0 bridgehead atoms. The molecule has 0 saturated heterocycles. The number of rotatable bonds is 6. The van der Waals surface area contributed by atoms with E-state index in [1.54, 1.807) is 6.92 Å². The Labute approximate surface area is 202 Å². The molecule has 1 saturated carbocycles. The van der Waals surface area contributed by atoms with Gasteiger partial charge >= 0.3 is 24.5 Å². The first-order valence-electron chi connectivity index (χ1n) is 10.3. The lowest BCUT2D eigenvalue weighted by atomic mass is 9.65. The molecule has 13 heteroatoms. The number of nitrogens with zero attached hydrogens (tertiary/aromatic N) is 2. The van der Waals surface area contributed by atoms with Crippen LogP contribution in [0.15, 0.2) is 27.8 Å². The fraction of sp³-hybridized carbons (Fsp3) is 0.476. The number of nitriles is 1. The predicted octanol–water partition coefficient (Wildman–Crippen LogP) is 2.70. The molecule has 3 rings (SSSR count). The van der Waals surface area contributed by atoms with Gasteiger partial charge in [-0.3, -0.25) is 9.59 Å². The summed E-state index contributed by atoms with van der Waals surface area (Å²) >= 11 is 3.38. The molecule has 4 N–H and O–H groups in total. The number of ether oxygens (including phenoxy) is 2. The summed E-state index contributed by atoms with van der Waals surface area (Å²) in [6, 6.07) is 6.04. The Hall–Kier alpha value is -3.27. The van der Waals surface area contributed by atoms with Gasteiger partial charge < -0.3 is 20.5 Å². The molecule has 34 heavy (non-hydrogen) atoms. The van der Waals surface area contributed by atoms with Crippen molar-refractivity contribution in [3.63, 3.8) is 0 Å². The molecule has 2 aliphatic rings. The number of halogens is 3. The zero-order chi connectivity index (χ0) is 25.1. The van der Waals surface area contributed by atoms with E-state index in [1.807, 2.05) is 0 Å². The zero-order valence-electron chi connectivity index (χ0n) is 18.1. The third-order valence-electron chi connectivity index (χ3n) is 5.95. The van der Waals surface area contributed by atoms with Crippen LogP contribution in [0.4, 0.5) is 13.6 Å². The number of alkyl halides is 2. The van der Waals surface area contributed by atoms with Crippen LogP contribution in [0.3, 0.4) is 0 Å². The van der Waals surface area contributed by atoms with Crippen LogP contribution >= 0.6 is 15.9 Å². The van der Waals surface area contributed by atoms with E-state index >= 15 is 0 Å². The summed E-state index contributed by atoms with van der Waals surface area (Å²) in [5.74, 6) is -2.15. The maximum Gasteiger partial charge on any atom is 0.428 e. The Morgan fingerprint density at radius 2 is 2.06 bits per heavy atom. The Balaban J connectivity index is 1.85. The van der Waals surface area contributed by atoms with E-state index in [9.17, 15) is 28.4 Å². The molecule has 1 aliphatic heterocycles. The predicted molar refractivity (Wildman–Crippen MR) is 118 cm³/mol. The van der Waals surface area contributed by atoms with Crippen LogP contribution in [0.2, 0.25) is 0 Å². The van der Waals surface area contributed by atoms with Gasteiger partial charge in [0, 0.05) is 16.1 Å². The Morgan fingerprint density at radius 1 is 1.38 bits per heavy atom. The Bertz CT molecular complexity index is 1070. The van der Waals surface area contributed by atoms with Gasteiger partial charge in [-0.25, -0.2) is 10.2 Å². The quantitative estimate of drug-likeness (QED) is 0.470. The number of nitrogens with one attached hydrogen (secondary N) is 2. The highest BCUT2D eigenvalue weighted by atomic mass is 79.9. The van der Waals surface area contributed by atoms with Gasteiger partial charge in [0.15, 0.2) is 5.60 Å². The normalized spacial score (nSPS) is 24.9. The van der Waals surface area contributed by atoms with Gasteiger partial charge in [-0.2, -0.15) is 19.1 Å². The van der Waals surface area contributed by atoms with E-state index in [4.69, 9.17) is 10.5 Å². The SMILES string of the molecule is C[C@@H](CC1(C#N)CCC2(CC1)OC(=O)NN=C2c1cc(OC(F)F)ccc1Br)NC(=O)C(N)=O. The van der Waals surface area contributed by atoms with Crippen molar-refractivity contribution in [1.82, 2.24) is 10.7 Å². The van der Waals surface area contributed by atoms with Gasteiger partial charge in [-0.1, -0.05) is 15.9 Å². The highest BCUT2D eigenvalue weighted by molar-refractivity contribution is 9.10. The smallest absolute Gasteiger partial charge is 0.428 e. The molecule has 1 aromatic rings. The average Bonchev–Trinajstić information content (AvgIpc) is 2.77. The third-order valence-corrected chi connectivity index (χ3v) is 6.64. The van der Waals surface area contributed by atoms with Crippen LogP contribution in [0.25, 0.3) is 0 Å². The summed E-state index contributed by atoms with van der Waals surface area (Å²) < 4.78 is 36.1. The minimum Gasteiger partial charge on any atom is -0.435 e. The van der Waals surface area contributed by atoms with Gasteiger partial charge in [0.1, 0.15) is 11.5 Å². The van der Waals surface area contributed by atoms with Gasteiger partial charge in [0.05, 0.1) is 11.5 Å². The maximum atomic E-state index is 12.7. The third kappa shape index (κ3) is 5.44. The minimum absolute atomic E-state index is 0.0934. The lowest BCUT2D eigenvalue weighted by Crippen LogP contribution is -2.54. The first-order valence-corrected chi connectivity index (χ1v) is 11.1. The lowest BCUT2D eigenvalue weighted by Gasteiger charge is -2.45. The first-order chi connectivity index (χ1) is 16.0. The van der Waals surface area contributed by atoms with Crippen molar-refractivity contribution in [2.45, 2.75) is 57.3 Å². The van der Waals surface area contributed by atoms with E-state index in [2.05, 4.69) is 42.6 Å². The second kappa shape index (κ2) is 9.92. The van der Waals surface area contributed by atoms with Crippen LogP contribution in [0, 0.1) is 16.7 Å². The number of primary amides is 1. The molecular formula is C21H22BrF2N5O5. The fourth-order valence-corrected chi connectivity index (χ4v) is 4.82. The highest BCUT2D eigenvalue weighted by Gasteiger charge is 2.51. The van der Waals surface area contributed by atoms with Gasteiger partial charge in [0.2, 0.25) is 0 Å². The Kier molecular flexibility index (Phi) is 7.40. The molecule has 0 unspecified atom stereocenters. The monoisotopic (exact) mass is 541 g/mol. The molecule has 1 aliphatic carbocycles. The molecule has 10 nitrogen and oxygen atoms in total. The summed E-state index contributed by atoms with van der Waals surface area (Å²) in [7, 11) is 0. The number of amides is 3. The number of carbonyl (C=O) groups excluding carboxylic acids is 3. The fourth-order valence-electron chi connectivity index (χ4n) is 4.38. The van der Waals surface area contributed by atoms with Crippen LogP contribution in [0.5, 0.6) is 5.75 Å². The van der Waals surface area contributed by atoms with Crippen molar-refractivity contribution in [2.24, 2.45) is 16.3 Å². The summed E-state index contributed by atoms with van der Waals surface area (Å²) in [4.78, 5) is 34.7. The molecule has 1 fully saturated rings. The van der Waals surface area contributed by atoms with Crippen LogP contribution in [-0.4, -0.2) is 41.9 Å². The first kappa shape index (κ1) is 25.4. The van der Waals surface area contributed by atoms with E-state index in [-0.39, 0.29) is 37.9 Å². The molecule has 3 amide bonds. The van der Waals surface area contributed by atoms with Crippen LogP contribution < -0.4 is 21.2 Å². The number of nitrogens with two attached hydrogens (primary N) is 1. The molecule has 1 atom stereocenters. The molecule has 1 aromatic carbocycles. The minimum atomic E-state index is -3.02. The van der Waals surface area contributed by atoms with Crippen LogP contribution in [-0.2, 0) is 14.3 Å². The second-order valence-corrected chi connectivity index (χ2v) is 9.17. The number of hydrogen-bond donors (Lipinski definition) is 3. The lowest BCUT2D eigenvalue weighted by molar-refractivity contribution is -0.137. The summed E-state index contributed by atoms with van der Waals surface area (Å²) in [5.41, 5.74) is 5.85. The topological polar surface area (TPSA) is 156 Å². The summed E-state index contributed by atoms with van der Waals surface area (Å²) in [6.45, 7) is -1.36. The number of carbonyl (C=O) groups is 3. The molecule has 182 valence electrons. The molecule has 0 radical (unpaired) electrons. The molecule has 1 heterocycles.